The highest BCUT2D eigenvalue weighted by molar-refractivity contribution is 6.04. The molecule has 3 amide bonds. The molecule has 4 N–H and O–H groups in total. The average Bonchev–Trinajstić information content (AvgIpc) is 3.83. The Balaban J connectivity index is 0.814. The van der Waals surface area contributed by atoms with E-state index >= 15 is 0 Å². The van der Waals surface area contributed by atoms with E-state index in [9.17, 15) is 19.5 Å². The lowest BCUT2D eigenvalue weighted by Crippen LogP contribution is -2.54. The number of H-pyrrole nitrogens is 1. The number of aliphatic imine (C=N–C) groups is 1. The molecule has 0 bridgehead atoms. The van der Waals surface area contributed by atoms with Crippen molar-refractivity contribution in [3.8, 4) is 22.3 Å². The summed E-state index contributed by atoms with van der Waals surface area (Å²) in [6.07, 6.45) is 8.27. The van der Waals surface area contributed by atoms with Crippen LogP contribution in [-0.4, -0.2) is 99.3 Å². The third-order valence-electron chi connectivity index (χ3n) is 16.0. The summed E-state index contributed by atoms with van der Waals surface area (Å²) in [7, 11) is 2.74. The van der Waals surface area contributed by atoms with Crippen LogP contribution in [0.3, 0.4) is 0 Å². The maximum atomic E-state index is 14.1. The Hall–Kier alpha value is -5.37. The number of ether oxygens (including phenoxy) is 2. The highest BCUT2D eigenvalue weighted by atomic mass is 16.6. The standard InChI is InChI=1S/C52H61N7O6/c1-25(2)46(56-51(62)64-5)49(60)58-41-20-31(41)22-43(58)40-19-33(24-53-40)27-7-9-28(10-8-27)35-15-14-34(37-17-29-11-13-36(29)45(35)37)30-12-16-38-39(18-30)55-48(54-38)44-23-32-21-42(32)59(44)50(61)47(26(3)4)57-52(63)65-6/h7-10,12,14-16,18,24-26,29,31-32,36,41-44,46-47,52,57,63H,11,13,17,19-23H2,1-6H3,(H,54,55)(H,56,62)/t29?,31?,32?,36?,41?,42?,43-,44-,46-,47-,52?/m0/s1. The Morgan fingerprint density at radius 3 is 2.12 bits per heavy atom. The van der Waals surface area contributed by atoms with Crippen molar-refractivity contribution >= 4 is 40.2 Å². The zero-order valence-corrected chi connectivity index (χ0v) is 38.2. The lowest BCUT2D eigenvalue weighted by molar-refractivity contribution is -0.146. The van der Waals surface area contributed by atoms with Crippen molar-refractivity contribution in [3.63, 3.8) is 0 Å². The number of nitrogens with one attached hydrogen (secondary N) is 3. The molecule has 2 saturated heterocycles. The summed E-state index contributed by atoms with van der Waals surface area (Å²) in [5, 5.41) is 16.0. The summed E-state index contributed by atoms with van der Waals surface area (Å²) in [6.45, 7) is 7.87. The van der Waals surface area contributed by atoms with Crippen LogP contribution in [0.4, 0.5) is 4.79 Å². The molecule has 340 valence electrons. The van der Waals surface area contributed by atoms with Crippen LogP contribution in [0.1, 0.15) is 107 Å². The number of amides is 3. The van der Waals surface area contributed by atoms with Gasteiger partial charge < -0.3 is 34.7 Å². The number of nitrogens with zero attached hydrogens (tertiary/aromatic N) is 4. The summed E-state index contributed by atoms with van der Waals surface area (Å²) in [5.74, 6) is 2.87. The number of rotatable bonds is 13. The van der Waals surface area contributed by atoms with E-state index in [2.05, 4.69) is 70.2 Å². The fourth-order valence-corrected chi connectivity index (χ4v) is 12.2. The zero-order valence-electron chi connectivity index (χ0n) is 38.2. The van der Waals surface area contributed by atoms with Gasteiger partial charge >= 0.3 is 6.09 Å². The van der Waals surface area contributed by atoms with E-state index in [0.717, 1.165) is 65.8 Å². The molecule has 65 heavy (non-hydrogen) atoms. The van der Waals surface area contributed by atoms with E-state index in [4.69, 9.17) is 19.5 Å². The number of allylic oxidation sites excluding steroid dienone is 1. The Bertz CT molecular complexity index is 2630. The van der Waals surface area contributed by atoms with E-state index in [1.807, 2.05) is 43.7 Å². The van der Waals surface area contributed by atoms with Crippen molar-refractivity contribution < 1.29 is 29.0 Å². The van der Waals surface area contributed by atoms with Gasteiger partial charge in [-0.25, -0.2) is 9.78 Å². The second-order valence-corrected chi connectivity index (χ2v) is 20.5. The highest BCUT2D eigenvalue weighted by Gasteiger charge is 2.57. The number of likely N-dealkylation sites (tertiary alicyclic amines) is 2. The molecule has 13 heteroatoms. The Morgan fingerprint density at radius 1 is 0.785 bits per heavy atom. The maximum Gasteiger partial charge on any atom is 0.407 e. The summed E-state index contributed by atoms with van der Waals surface area (Å²) in [6, 6.07) is 19.2. The topological polar surface area (TPSA) is 161 Å². The van der Waals surface area contributed by atoms with E-state index in [1.54, 1.807) is 0 Å². The lowest BCUT2D eigenvalue weighted by Gasteiger charge is -2.33. The first-order valence-corrected chi connectivity index (χ1v) is 23.9. The van der Waals surface area contributed by atoms with Crippen LogP contribution in [0.2, 0.25) is 0 Å². The van der Waals surface area contributed by atoms with E-state index in [1.165, 1.54) is 60.4 Å². The van der Waals surface area contributed by atoms with Gasteiger partial charge in [-0.3, -0.25) is 19.9 Å². The largest absolute Gasteiger partial charge is 0.453 e. The van der Waals surface area contributed by atoms with Gasteiger partial charge in [0.25, 0.3) is 0 Å². The van der Waals surface area contributed by atoms with Crippen molar-refractivity contribution in [2.24, 2.45) is 34.6 Å². The first kappa shape index (κ1) is 42.3. The third kappa shape index (κ3) is 7.29. The predicted octanol–water partition coefficient (Wildman–Crippen LogP) is 7.70. The molecule has 3 aromatic carbocycles. The molecule has 3 aliphatic heterocycles. The number of aromatic amines is 1. The van der Waals surface area contributed by atoms with Gasteiger partial charge in [-0.1, -0.05) is 70.2 Å². The molecular formula is C52H61N7O6. The number of piperidine rings is 2. The van der Waals surface area contributed by atoms with E-state index in [0.29, 0.717) is 30.1 Å². The quantitative estimate of drug-likeness (QED) is 0.0995. The van der Waals surface area contributed by atoms with Crippen LogP contribution in [0.25, 0.3) is 38.9 Å². The van der Waals surface area contributed by atoms with Crippen LogP contribution >= 0.6 is 0 Å². The number of fused-ring (bicyclic) bond motifs is 6. The Labute approximate surface area is 380 Å². The van der Waals surface area contributed by atoms with Crippen molar-refractivity contribution in [2.45, 2.75) is 128 Å². The molecular weight excluding hydrogens is 819 g/mol. The van der Waals surface area contributed by atoms with Gasteiger partial charge in [0, 0.05) is 37.5 Å². The second-order valence-electron chi connectivity index (χ2n) is 20.5. The van der Waals surface area contributed by atoms with Crippen LogP contribution in [0, 0.1) is 29.6 Å². The zero-order chi connectivity index (χ0) is 45.0. The molecule has 11 rings (SSSR count). The molecule has 7 aliphatic rings. The summed E-state index contributed by atoms with van der Waals surface area (Å²) >= 11 is 0. The minimum absolute atomic E-state index is 0.0177. The van der Waals surface area contributed by atoms with Gasteiger partial charge in [0.2, 0.25) is 18.2 Å². The number of aromatic nitrogens is 2. The average molecular weight is 880 g/mol. The molecule has 7 unspecified atom stereocenters. The Morgan fingerprint density at radius 2 is 1.45 bits per heavy atom. The van der Waals surface area contributed by atoms with Crippen LogP contribution in [0.5, 0.6) is 0 Å². The molecule has 13 nitrogen and oxygen atoms in total. The van der Waals surface area contributed by atoms with Crippen LogP contribution < -0.4 is 10.6 Å². The molecule has 11 atom stereocenters. The lowest BCUT2D eigenvalue weighted by atomic mass is 9.73. The van der Waals surface area contributed by atoms with Crippen molar-refractivity contribution in [2.75, 3.05) is 14.2 Å². The fourth-order valence-electron chi connectivity index (χ4n) is 12.2. The van der Waals surface area contributed by atoms with Crippen LogP contribution in [0.15, 0.2) is 65.8 Å². The molecule has 5 fully saturated rings. The van der Waals surface area contributed by atoms with Gasteiger partial charge in [0.1, 0.15) is 11.9 Å². The number of carbonyl (C=O) groups excluding carboxylic acids is 3. The first-order valence-electron chi connectivity index (χ1n) is 23.9. The molecule has 0 spiro atoms. The smallest absolute Gasteiger partial charge is 0.407 e. The van der Waals surface area contributed by atoms with E-state index < -0.39 is 24.6 Å². The number of aliphatic hydroxyl groups excluding tert-OH is 1. The molecule has 4 heterocycles. The molecule has 4 aromatic rings. The SMILES string of the molecule is COC(=O)N[C@H](C(=O)N1C2CC2C[C@H]1C1=NC=C(c2ccc(-c3ccc(-c4ccc5nc([C@@H]6CC7CC7N6C(=O)[C@@H](NC(O)OC)C(C)C)[nH]c5c4)c4c3C3CCC3C4)cc2)C1)C(C)C. The summed E-state index contributed by atoms with van der Waals surface area (Å²) in [5.41, 5.74) is 13.2. The minimum atomic E-state index is -1.22. The number of alkyl carbamates (subject to hydrolysis) is 1. The Kier molecular flexibility index (Phi) is 10.5. The van der Waals surface area contributed by atoms with Gasteiger partial charge in [-0.05, 0) is 137 Å². The van der Waals surface area contributed by atoms with Crippen molar-refractivity contribution in [1.82, 2.24) is 30.4 Å². The number of methoxy groups -OCH3 is 2. The maximum absolute atomic E-state index is 14.1. The minimum Gasteiger partial charge on any atom is -0.453 e. The molecule has 1 aromatic heterocycles. The summed E-state index contributed by atoms with van der Waals surface area (Å²) in [4.78, 5) is 57.9. The third-order valence-corrected chi connectivity index (χ3v) is 16.0. The number of hydrogen-bond donors (Lipinski definition) is 4. The normalized spacial score (nSPS) is 28.3. The number of benzene rings is 3. The first-order chi connectivity index (χ1) is 31.4. The monoisotopic (exact) mass is 879 g/mol. The second kappa shape index (κ2) is 16.2. The van der Waals surface area contributed by atoms with E-state index in [-0.39, 0.29) is 47.8 Å². The fraction of sp³-hybridized carbons (Fsp3) is 0.519. The molecule has 4 aliphatic carbocycles. The predicted molar refractivity (Wildman–Crippen MR) is 248 cm³/mol. The summed E-state index contributed by atoms with van der Waals surface area (Å²) < 4.78 is 9.90. The van der Waals surface area contributed by atoms with Gasteiger partial charge in [-0.15, -0.1) is 0 Å². The number of hydrogen-bond acceptors (Lipinski definition) is 9. The highest BCUT2D eigenvalue weighted by Crippen LogP contribution is 2.57. The van der Waals surface area contributed by atoms with Crippen molar-refractivity contribution in [3.05, 3.63) is 83.3 Å². The molecule has 3 saturated carbocycles. The van der Waals surface area contributed by atoms with Crippen LogP contribution in [-0.2, 0) is 25.5 Å². The number of imidazole rings is 1. The van der Waals surface area contributed by atoms with Gasteiger partial charge in [0.15, 0.2) is 0 Å². The van der Waals surface area contributed by atoms with Gasteiger partial charge in [0.05, 0.1) is 36.3 Å². The van der Waals surface area contributed by atoms with Gasteiger partial charge in [-0.2, -0.15) is 0 Å². The number of aliphatic hydroxyl groups is 1. The number of carbonyl (C=O) groups is 3. The molecule has 0 radical (unpaired) electrons. The van der Waals surface area contributed by atoms with Crippen molar-refractivity contribution in [1.29, 1.82) is 0 Å².